The van der Waals surface area contributed by atoms with Crippen LogP contribution in [-0.2, 0) is 6.54 Å². The Bertz CT molecular complexity index is 387. The molecule has 0 unspecified atom stereocenters. The number of nitrogen functional groups attached to an aromatic ring is 1. The second-order valence-electron chi connectivity index (χ2n) is 3.76. The number of nitrogens with zero attached hydrogens (tertiary/aromatic N) is 2. The summed E-state index contributed by atoms with van der Waals surface area (Å²) in [5, 5.41) is 0. The average Bonchev–Trinajstić information content (AvgIpc) is 2.43. The standard InChI is InChI=1S/C10H13N3O/c1-6(2)13-5-8-7(10(13)14)3-4-9(11)12-8/h3-4,6H,5H2,1-2H3,(H2,11,12). The smallest absolute Gasteiger partial charge is 0.256 e. The molecule has 4 heteroatoms. The molecule has 1 aliphatic heterocycles. The van der Waals surface area contributed by atoms with Crippen LogP contribution in [0, 0.1) is 0 Å². The Hall–Kier alpha value is -1.58. The van der Waals surface area contributed by atoms with Crippen molar-refractivity contribution in [3.05, 3.63) is 23.4 Å². The van der Waals surface area contributed by atoms with Crippen LogP contribution in [0.3, 0.4) is 0 Å². The first-order chi connectivity index (χ1) is 6.59. The maximum absolute atomic E-state index is 11.8. The summed E-state index contributed by atoms with van der Waals surface area (Å²) < 4.78 is 0. The largest absolute Gasteiger partial charge is 0.384 e. The summed E-state index contributed by atoms with van der Waals surface area (Å²) in [4.78, 5) is 17.7. The molecular formula is C10H13N3O. The lowest BCUT2D eigenvalue weighted by molar-refractivity contribution is 0.0730. The second-order valence-corrected chi connectivity index (χ2v) is 3.76. The van der Waals surface area contributed by atoms with Crippen LogP contribution in [-0.4, -0.2) is 21.8 Å². The van der Waals surface area contributed by atoms with E-state index in [0.29, 0.717) is 17.9 Å². The van der Waals surface area contributed by atoms with Gasteiger partial charge in [-0.15, -0.1) is 0 Å². The van der Waals surface area contributed by atoms with Crippen molar-refractivity contribution in [3.63, 3.8) is 0 Å². The molecule has 0 spiro atoms. The fourth-order valence-corrected chi connectivity index (χ4v) is 1.64. The first-order valence-corrected chi connectivity index (χ1v) is 4.66. The highest BCUT2D eigenvalue weighted by Crippen LogP contribution is 2.23. The first-order valence-electron chi connectivity index (χ1n) is 4.66. The van der Waals surface area contributed by atoms with Crippen LogP contribution < -0.4 is 5.73 Å². The quantitative estimate of drug-likeness (QED) is 0.721. The van der Waals surface area contributed by atoms with Gasteiger partial charge in [-0.3, -0.25) is 4.79 Å². The molecule has 4 nitrogen and oxygen atoms in total. The summed E-state index contributed by atoms with van der Waals surface area (Å²) in [7, 11) is 0. The van der Waals surface area contributed by atoms with Crippen LogP contribution in [0.5, 0.6) is 0 Å². The highest BCUT2D eigenvalue weighted by atomic mass is 16.2. The number of hydrogen-bond donors (Lipinski definition) is 1. The number of amides is 1. The topological polar surface area (TPSA) is 59.2 Å². The van der Waals surface area contributed by atoms with Gasteiger partial charge in [0.25, 0.3) is 5.91 Å². The van der Waals surface area contributed by atoms with Crippen molar-refractivity contribution in [2.75, 3.05) is 5.73 Å². The molecule has 74 valence electrons. The Morgan fingerprint density at radius 2 is 2.21 bits per heavy atom. The molecule has 0 aromatic carbocycles. The summed E-state index contributed by atoms with van der Waals surface area (Å²) in [6.07, 6.45) is 0. The van der Waals surface area contributed by atoms with Crippen molar-refractivity contribution in [1.29, 1.82) is 0 Å². The van der Waals surface area contributed by atoms with Crippen molar-refractivity contribution in [2.45, 2.75) is 26.4 Å². The van der Waals surface area contributed by atoms with Crippen molar-refractivity contribution < 1.29 is 4.79 Å². The van der Waals surface area contributed by atoms with Gasteiger partial charge in [0.1, 0.15) is 5.82 Å². The summed E-state index contributed by atoms with van der Waals surface area (Å²) in [6, 6.07) is 3.63. The molecule has 0 fully saturated rings. The Morgan fingerprint density at radius 3 is 2.86 bits per heavy atom. The van der Waals surface area contributed by atoms with E-state index in [1.165, 1.54) is 0 Å². The molecule has 14 heavy (non-hydrogen) atoms. The van der Waals surface area contributed by atoms with Crippen molar-refractivity contribution in [3.8, 4) is 0 Å². The number of nitrogens with two attached hydrogens (primary N) is 1. The fourth-order valence-electron chi connectivity index (χ4n) is 1.64. The highest BCUT2D eigenvalue weighted by Gasteiger charge is 2.29. The minimum absolute atomic E-state index is 0.0579. The molecule has 0 saturated carbocycles. The summed E-state index contributed by atoms with van der Waals surface area (Å²) in [6.45, 7) is 4.57. The van der Waals surface area contributed by atoms with Crippen LogP contribution in [0.25, 0.3) is 0 Å². The SMILES string of the molecule is CC(C)N1Cc2nc(N)ccc2C1=O. The summed E-state index contributed by atoms with van der Waals surface area (Å²) in [5.41, 5.74) is 7.04. The molecule has 1 aromatic rings. The minimum atomic E-state index is 0.0579. The zero-order valence-corrected chi connectivity index (χ0v) is 8.32. The van der Waals surface area contributed by atoms with Gasteiger partial charge in [0, 0.05) is 6.04 Å². The van der Waals surface area contributed by atoms with Gasteiger partial charge in [-0.05, 0) is 26.0 Å². The van der Waals surface area contributed by atoms with Crippen LogP contribution in [0.2, 0.25) is 0 Å². The number of anilines is 1. The van der Waals surface area contributed by atoms with Crippen LogP contribution >= 0.6 is 0 Å². The molecular weight excluding hydrogens is 178 g/mol. The van der Waals surface area contributed by atoms with Crippen LogP contribution in [0.1, 0.15) is 29.9 Å². The molecule has 2 rings (SSSR count). The lowest BCUT2D eigenvalue weighted by Gasteiger charge is -2.19. The molecule has 0 aliphatic carbocycles. The Labute approximate surface area is 82.7 Å². The van der Waals surface area contributed by atoms with Gasteiger partial charge in [0.05, 0.1) is 17.8 Å². The van der Waals surface area contributed by atoms with Gasteiger partial charge in [-0.2, -0.15) is 0 Å². The number of rotatable bonds is 1. The number of carbonyl (C=O) groups excluding carboxylic acids is 1. The van der Waals surface area contributed by atoms with Gasteiger partial charge < -0.3 is 10.6 Å². The minimum Gasteiger partial charge on any atom is -0.384 e. The van der Waals surface area contributed by atoms with E-state index in [-0.39, 0.29) is 11.9 Å². The van der Waals surface area contributed by atoms with E-state index < -0.39 is 0 Å². The summed E-state index contributed by atoms with van der Waals surface area (Å²) in [5.74, 6) is 0.532. The molecule has 1 aromatic heterocycles. The third-order valence-corrected chi connectivity index (χ3v) is 2.43. The third kappa shape index (κ3) is 1.23. The number of hydrogen-bond acceptors (Lipinski definition) is 3. The lowest BCUT2D eigenvalue weighted by Crippen LogP contribution is -2.30. The van der Waals surface area contributed by atoms with E-state index in [1.54, 1.807) is 17.0 Å². The van der Waals surface area contributed by atoms with Gasteiger partial charge in [0.15, 0.2) is 0 Å². The van der Waals surface area contributed by atoms with Crippen LogP contribution in [0.4, 0.5) is 5.82 Å². The van der Waals surface area contributed by atoms with E-state index in [4.69, 9.17) is 5.73 Å². The van der Waals surface area contributed by atoms with E-state index in [0.717, 1.165) is 5.69 Å². The molecule has 0 bridgehead atoms. The van der Waals surface area contributed by atoms with E-state index >= 15 is 0 Å². The molecule has 0 saturated heterocycles. The number of fused-ring (bicyclic) bond motifs is 1. The Morgan fingerprint density at radius 1 is 1.50 bits per heavy atom. The van der Waals surface area contributed by atoms with Crippen molar-refractivity contribution in [1.82, 2.24) is 9.88 Å². The van der Waals surface area contributed by atoms with Crippen LogP contribution in [0.15, 0.2) is 12.1 Å². The predicted octanol–water partition coefficient (Wildman–Crippen LogP) is 1.03. The Kier molecular flexibility index (Phi) is 1.91. The van der Waals surface area contributed by atoms with E-state index in [1.807, 2.05) is 13.8 Å². The third-order valence-electron chi connectivity index (χ3n) is 2.43. The first kappa shape index (κ1) is 8.99. The lowest BCUT2D eigenvalue weighted by atomic mass is 10.2. The fraction of sp³-hybridized carbons (Fsp3) is 0.400. The molecule has 2 N–H and O–H groups in total. The molecule has 0 atom stereocenters. The zero-order chi connectivity index (χ0) is 10.3. The molecule has 0 radical (unpaired) electrons. The maximum Gasteiger partial charge on any atom is 0.256 e. The molecule has 1 amide bonds. The summed E-state index contributed by atoms with van der Waals surface area (Å²) >= 11 is 0. The zero-order valence-electron chi connectivity index (χ0n) is 8.32. The van der Waals surface area contributed by atoms with E-state index in [2.05, 4.69) is 4.98 Å². The number of carbonyl (C=O) groups is 1. The van der Waals surface area contributed by atoms with E-state index in [9.17, 15) is 4.79 Å². The van der Waals surface area contributed by atoms with Gasteiger partial charge in [-0.1, -0.05) is 0 Å². The van der Waals surface area contributed by atoms with Crippen molar-refractivity contribution in [2.24, 2.45) is 0 Å². The van der Waals surface area contributed by atoms with Crippen molar-refractivity contribution >= 4 is 11.7 Å². The normalized spacial score (nSPS) is 15.1. The highest BCUT2D eigenvalue weighted by molar-refractivity contribution is 5.98. The van der Waals surface area contributed by atoms with Gasteiger partial charge >= 0.3 is 0 Å². The van der Waals surface area contributed by atoms with Gasteiger partial charge in [0.2, 0.25) is 0 Å². The number of pyridine rings is 1. The molecule has 1 aliphatic rings. The predicted molar refractivity (Wildman–Crippen MR) is 53.7 cm³/mol. The average molecular weight is 191 g/mol. The van der Waals surface area contributed by atoms with Gasteiger partial charge in [-0.25, -0.2) is 4.98 Å². The monoisotopic (exact) mass is 191 g/mol. The second kappa shape index (κ2) is 2.97. The Balaban J connectivity index is 2.40. The number of aromatic nitrogens is 1. The molecule has 2 heterocycles. The maximum atomic E-state index is 11.8.